The number of halogens is 2. The smallest absolute Gasteiger partial charge is 0.212 e. The molecule has 0 aliphatic heterocycles. The van der Waals surface area contributed by atoms with E-state index in [4.69, 9.17) is 4.74 Å². The van der Waals surface area contributed by atoms with E-state index in [9.17, 15) is 0 Å². The van der Waals surface area contributed by atoms with Crippen LogP contribution in [0.2, 0.25) is 0 Å². The summed E-state index contributed by atoms with van der Waals surface area (Å²) in [5.41, 5.74) is 1.19. The van der Waals surface area contributed by atoms with Gasteiger partial charge in [0.1, 0.15) is 0 Å². The number of hydrogen-bond acceptors (Lipinski definition) is 3. The van der Waals surface area contributed by atoms with Crippen LogP contribution in [0.4, 0.5) is 0 Å². The van der Waals surface area contributed by atoms with Crippen molar-refractivity contribution in [2.75, 3.05) is 13.7 Å². The van der Waals surface area contributed by atoms with Gasteiger partial charge in [0.05, 0.1) is 7.11 Å². The summed E-state index contributed by atoms with van der Waals surface area (Å²) < 4.78 is 4.96. The quantitative estimate of drug-likeness (QED) is 0.818. The lowest BCUT2D eigenvalue weighted by molar-refractivity contribution is 0.397. The number of aromatic nitrogens is 1. The summed E-state index contributed by atoms with van der Waals surface area (Å²) in [5, 5.41) is 3.31. The molecule has 1 rings (SSSR count). The molecule has 88 valence electrons. The second-order valence-electron chi connectivity index (χ2n) is 2.89. The minimum atomic E-state index is 0. The summed E-state index contributed by atoms with van der Waals surface area (Å²) >= 11 is 0. The maximum absolute atomic E-state index is 4.96. The molecule has 0 bridgehead atoms. The Hall–Kier alpha value is -0.510. The van der Waals surface area contributed by atoms with E-state index in [-0.39, 0.29) is 24.8 Å². The van der Waals surface area contributed by atoms with E-state index in [1.165, 1.54) is 5.56 Å². The van der Waals surface area contributed by atoms with Gasteiger partial charge in [-0.15, -0.1) is 24.8 Å². The maximum atomic E-state index is 4.96. The molecular formula is C10H18Cl2N2O. The van der Waals surface area contributed by atoms with Crippen LogP contribution in [0.15, 0.2) is 18.3 Å². The summed E-state index contributed by atoms with van der Waals surface area (Å²) in [7, 11) is 1.62. The van der Waals surface area contributed by atoms with Crippen LogP contribution in [0.1, 0.15) is 18.9 Å². The van der Waals surface area contributed by atoms with Gasteiger partial charge in [0, 0.05) is 18.8 Å². The highest BCUT2D eigenvalue weighted by molar-refractivity contribution is 5.85. The molecule has 1 N–H and O–H groups in total. The monoisotopic (exact) mass is 252 g/mol. The average molecular weight is 253 g/mol. The predicted molar refractivity (Wildman–Crippen MR) is 67.3 cm³/mol. The third-order valence-electron chi connectivity index (χ3n) is 1.76. The fourth-order valence-electron chi connectivity index (χ4n) is 1.05. The topological polar surface area (TPSA) is 34.1 Å². The lowest BCUT2D eigenvalue weighted by atomic mass is 10.3. The van der Waals surface area contributed by atoms with Crippen molar-refractivity contribution in [2.24, 2.45) is 0 Å². The van der Waals surface area contributed by atoms with Gasteiger partial charge in [0.15, 0.2) is 0 Å². The SMILES string of the molecule is CCCNCc1ccc(OC)nc1.Cl.Cl. The molecule has 0 radical (unpaired) electrons. The molecule has 1 aromatic rings. The van der Waals surface area contributed by atoms with Crippen LogP contribution in [0.3, 0.4) is 0 Å². The Morgan fingerprint density at radius 2 is 2.07 bits per heavy atom. The van der Waals surface area contributed by atoms with Gasteiger partial charge in [-0.3, -0.25) is 0 Å². The van der Waals surface area contributed by atoms with Gasteiger partial charge in [0.2, 0.25) is 5.88 Å². The molecule has 0 amide bonds. The van der Waals surface area contributed by atoms with Gasteiger partial charge in [-0.1, -0.05) is 13.0 Å². The molecule has 0 atom stereocenters. The number of hydrogen-bond donors (Lipinski definition) is 1. The molecule has 1 heterocycles. The van der Waals surface area contributed by atoms with Gasteiger partial charge < -0.3 is 10.1 Å². The Bertz CT molecular complexity index is 242. The van der Waals surface area contributed by atoms with Crippen LogP contribution in [0.25, 0.3) is 0 Å². The molecule has 15 heavy (non-hydrogen) atoms. The largest absolute Gasteiger partial charge is 0.481 e. The highest BCUT2D eigenvalue weighted by atomic mass is 35.5. The first kappa shape index (κ1) is 16.9. The highest BCUT2D eigenvalue weighted by Gasteiger charge is 1.93. The number of methoxy groups -OCH3 is 1. The molecule has 0 aliphatic carbocycles. The number of ether oxygens (including phenoxy) is 1. The number of nitrogens with one attached hydrogen (secondary N) is 1. The van der Waals surface area contributed by atoms with Gasteiger partial charge in [-0.05, 0) is 18.5 Å². The Morgan fingerprint density at radius 1 is 1.33 bits per heavy atom. The fraction of sp³-hybridized carbons (Fsp3) is 0.500. The first-order valence-electron chi connectivity index (χ1n) is 4.56. The molecule has 0 aromatic carbocycles. The first-order chi connectivity index (χ1) is 6.36. The first-order valence-corrected chi connectivity index (χ1v) is 4.56. The summed E-state index contributed by atoms with van der Waals surface area (Å²) in [5.74, 6) is 0.666. The molecule has 3 nitrogen and oxygen atoms in total. The van der Waals surface area contributed by atoms with Crippen molar-refractivity contribution in [3.05, 3.63) is 23.9 Å². The van der Waals surface area contributed by atoms with Gasteiger partial charge in [-0.25, -0.2) is 4.98 Å². The van der Waals surface area contributed by atoms with Crippen LogP contribution in [0.5, 0.6) is 5.88 Å². The second-order valence-corrected chi connectivity index (χ2v) is 2.89. The minimum absolute atomic E-state index is 0. The standard InChI is InChI=1S/C10H16N2O.2ClH/c1-3-6-11-7-9-4-5-10(13-2)12-8-9;;/h4-5,8,11H,3,6-7H2,1-2H3;2*1H. The zero-order chi connectivity index (χ0) is 9.52. The van der Waals surface area contributed by atoms with Crippen LogP contribution < -0.4 is 10.1 Å². The lowest BCUT2D eigenvalue weighted by Crippen LogP contribution is -2.13. The molecule has 5 heteroatoms. The molecule has 0 saturated heterocycles. The van der Waals surface area contributed by atoms with E-state index in [2.05, 4.69) is 17.2 Å². The van der Waals surface area contributed by atoms with Crippen molar-refractivity contribution in [1.29, 1.82) is 0 Å². The number of rotatable bonds is 5. The Balaban J connectivity index is 0. The van der Waals surface area contributed by atoms with Crippen molar-refractivity contribution in [3.8, 4) is 5.88 Å². The molecule has 1 aromatic heterocycles. The summed E-state index contributed by atoms with van der Waals surface area (Å²) in [6.07, 6.45) is 2.99. The number of pyridine rings is 1. The molecule has 0 unspecified atom stereocenters. The van der Waals surface area contributed by atoms with Crippen molar-refractivity contribution >= 4 is 24.8 Å². The highest BCUT2D eigenvalue weighted by Crippen LogP contribution is 2.05. The van der Waals surface area contributed by atoms with Crippen molar-refractivity contribution in [2.45, 2.75) is 19.9 Å². The minimum Gasteiger partial charge on any atom is -0.481 e. The predicted octanol–water partition coefficient (Wildman–Crippen LogP) is 2.43. The zero-order valence-corrected chi connectivity index (χ0v) is 10.7. The summed E-state index contributed by atoms with van der Waals surface area (Å²) in [6, 6.07) is 3.90. The molecule has 0 aliphatic rings. The Kier molecular flexibility index (Phi) is 11.3. The second kappa shape index (κ2) is 10.0. The van der Waals surface area contributed by atoms with E-state index in [0.717, 1.165) is 19.5 Å². The Morgan fingerprint density at radius 3 is 2.53 bits per heavy atom. The van der Waals surface area contributed by atoms with Crippen LogP contribution in [-0.2, 0) is 6.54 Å². The summed E-state index contributed by atoms with van der Waals surface area (Å²) in [4.78, 5) is 4.11. The molecule has 0 spiro atoms. The van der Waals surface area contributed by atoms with E-state index < -0.39 is 0 Å². The maximum Gasteiger partial charge on any atom is 0.212 e. The van der Waals surface area contributed by atoms with Crippen LogP contribution >= 0.6 is 24.8 Å². The van der Waals surface area contributed by atoms with Gasteiger partial charge in [-0.2, -0.15) is 0 Å². The summed E-state index contributed by atoms with van der Waals surface area (Å²) in [6.45, 7) is 4.08. The van der Waals surface area contributed by atoms with Crippen LogP contribution in [0, 0.1) is 0 Å². The number of nitrogens with zero attached hydrogens (tertiary/aromatic N) is 1. The average Bonchev–Trinajstić information content (AvgIpc) is 2.19. The van der Waals surface area contributed by atoms with E-state index in [1.807, 2.05) is 18.3 Å². The zero-order valence-electron chi connectivity index (χ0n) is 9.03. The third-order valence-corrected chi connectivity index (χ3v) is 1.76. The fourth-order valence-corrected chi connectivity index (χ4v) is 1.05. The van der Waals surface area contributed by atoms with E-state index in [1.54, 1.807) is 7.11 Å². The Labute approximate surface area is 103 Å². The van der Waals surface area contributed by atoms with E-state index >= 15 is 0 Å². The van der Waals surface area contributed by atoms with E-state index in [0.29, 0.717) is 5.88 Å². The molecular weight excluding hydrogens is 235 g/mol. The third kappa shape index (κ3) is 6.55. The van der Waals surface area contributed by atoms with Gasteiger partial charge in [0.25, 0.3) is 0 Å². The molecule has 0 fully saturated rings. The lowest BCUT2D eigenvalue weighted by Gasteiger charge is -2.03. The van der Waals surface area contributed by atoms with Crippen molar-refractivity contribution in [1.82, 2.24) is 10.3 Å². The van der Waals surface area contributed by atoms with Crippen molar-refractivity contribution in [3.63, 3.8) is 0 Å². The van der Waals surface area contributed by atoms with Crippen LogP contribution in [-0.4, -0.2) is 18.6 Å². The molecule has 0 saturated carbocycles. The van der Waals surface area contributed by atoms with Crippen molar-refractivity contribution < 1.29 is 4.74 Å². The normalized spacial score (nSPS) is 8.67. The van der Waals surface area contributed by atoms with Gasteiger partial charge >= 0.3 is 0 Å².